The minimum absolute atomic E-state index is 0.0474. The van der Waals surface area contributed by atoms with Crippen molar-refractivity contribution in [3.8, 4) is 28.1 Å². The molecule has 0 fully saturated rings. The number of hydrogen-bond acceptors (Lipinski definition) is 4. The van der Waals surface area contributed by atoms with Gasteiger partial charge in [0.2, 0.25) is 0 Å². The number of aryl methyl sites for hydroxylation is 3. The minimum atomic E-state index is 0.0474. The predicted octanol–water partition coefficient (Wildman–Crippen LogP) is 6.48. The summed E-state index contributed by atoms with van der Waals surface area (Å²) >= 11 is 3.53. The van der Waals surface area contributed by atoms with Gasteiger partial charge in [0.05, 0.1) is 16.9 Å². The number of ketones is 2. The summed E-state index contributed by atoms with van der Waals surface area (Å²) in [6, 6.07) is 13.4. The highest BCUT2D eigenvalue weighted by molar-refractivity contribution is 9.10. The first-order chi connectivity index (χ1) is 16.4. The van der Waals surface area contributed by atoms with Crippen molar-refractivity contribution >= 4 is 33.0 Å². The number of nitrogens with zero attached hydrogens (tertiary/aromatic N) is 2. The molecule has 0 radical (unpaired) electrons. The van der Waals surface area contributed by atoms with E-state index in [1.807, 2.05) is 41.7 Å². The number of aromatic hydroxyl groups is 1. The van der Waals surface area contributed by atoms with E-state index in [9.17, 15) is 14.7 Å². The zero-order chi connectivity index (χ0) is 23.6. The van der Waals surface area contributed by atoms with Crippen LogP contribution in [0.3, 0.4) is 0 Å². The molecule has 2 aromatic carbocycles. The van der Waals surface area contributed by atoms with Gasteiger partial charge in [0.1, 0.15) is 11.4 Å². The van der Waals surface area contributed by atoms with Crippen LogP contribution < -0.4 is 0 Å². The standard InChI is InChI=1S/C28H23BrN2O3/c1-15-8-10-16(11-9-15)26-28-24(18-14-17(29)12-13-21(18)32)25-20(5-3-6-22(25)33)31(28)27-19(30-26)4-2-7-23(27)34/h8-14,32H,2-7H2,1H3. The fourth-order valence-electron chi connectivity index (χ4n) is 5.42. The van der Waals surface area contributed by atoms with Crippen molar-refractivity contribution in [3.05, 3.63) is 75.1 Å². The number of phenols is 1. The molecule has 2 aliphatic rings. The molecule has 2 aromatic heterocycles. The molecule has 0 unspecified atom stereocenters. The zero-order valence-electron chi connectivity index (χ0n) is 18.8. The van der Waals surface area contributed by atoms with Crippen molar-refractivity contribution in [1.29, 1.82) is 0 Å². The van der Waals surface area contributed by atoms with Crippen LogP contribution in [0.15, 0.2) is 46.9 Å². The number of benzene rings is 2. The Morgan fingerprint density at radius 1 is 0.912 bits per heavy atom. The van der Waals surface area contributed by atoms with Gasteiger partial charge in [-0.15, -0.1) is 0 Å². The third-order valence-electron chi connectivity index (χ3n) is 6.97. The summed E-state index contributed by atoms with van der Waals surface area (Å²) in [4.78, 5) is 31.7. The highest BCUT2D eigenvalue weighted by Crippen LogP contribution is 2.46. The molecule has 34 heavy (non-hydrogen) atoms. The smallest absolute Gasteiger partial charge is 0.181 e. The average molecular weight is 515 g/mol. The van der Waals surface area contributed by atoms with Crippen LogP contribution in [0.5, 0.6) is 5.75 Å². The molecule has 0 saturated heterocycles. The van der Waals surface area contributed by atoms with Crippen LogP contribution >= 0.6 is 15.9 Å². The van der Waals surface area contributed by atoms with E-state index in [1.165, 1.54) is 0 Å². The Labute approximate surface area is 205 Å². The van der Waals surface area contributed by atoms with E-state index in [0.29, 0.717) is 41.6 Å². The highest BCUT2D eigenvalue weighted by atomic mass is 79.9. The van der Waals surface area contributed by atoms with E-state index in [1.54, 1.807) is 12.1 Å². The van der Waals surface area contributed by atoms with Crippen LogP contribution in [-0.4, -0.2) is 26.1 Å². The SMILES string of the molecule is Cc1ccc(-c2nc3c(n4c5c(c(-c6cc(Br)ccc6O)c24)C(=O)CCC5)C(=O)CCC3)cc1. The van der Waals surface area contributed by atoms with Crippen LogP contribution in [0, 0.1) is 6.92 Å². The van der Waals surface area contributed by atoms with Gasteiger partial charge in [-0.1, -0.05) is 45.8 Å². The maximum absolute atomic E-state index is 13.4. The topological polar surface area (TPSA) is 71.7 Å². The summed E-state index contributed by atoms with van der Waals surface area (Å²) in [6.45, 7) is 2.04. The third-order valence-corrected chi connectivity index (χ3v) is 7.46. The lowest BCUT2D eigenvalue weighted by Crippen LogP contribution is -2.20. The monoisotopic (exact) mass is 514 g/mol. The van der Waals surface area contributed by atoms with Gasteiger partial charge in [0, 0.05) is 45.3 Å². The zero-order valence-corrected chi connectivity index (χ0v) is 20.4. The lowest BCUT2D eigenvalue weighted by molar-refractivity contribution is 0.0954. The van der Waals surface area contributed by atoms with Crippen molar-refractivity contribution in [1.82, 2.24) is 9.38 Å². The number of carbonyl (C=O) groups excluding carboxylic acids is 2. The van der Waals surface area contributed by atoms with Crippen LogP contribution in [0.1, 0.15) is 63.5 Å². The molecule has 0 aliphatic heterocycles. The second kappa shape index (κ2) is 7.91. The van der Waals surface area contributed by atoms with Gasteiger partial charge in [-0.3, -0.25) is 9.59 Å². The Bertz CT molecular complexity index is 1520. The molecule has 4 aromatic rings. The summed E-state index contributed by atoms with van der Waals surface area (Å²) in [6.07, 6.45) is 3.88. The Hall–Kier alpha value is -3.25. The van der Waals surface area contributed by atoms with Gasteiger partial charge < -0.3 is 9.51 Å². The number of halogens is 1. The maximum Gasteiger partial charge on any atom is 0.181 e. The molecule has 0 spiro atoms. The third kappa shape index (κ3) is 3.16. The molecule has 1 N–H and O–H groups in total. The minimum Gasteiger partial charge on any atom is -0.507 e. The Kier molecular flexibility index (Phi) is 4.96. The summed E-state index contributed by atoms with van der Waals surface area (Å²) in [7, 11) is 0. The van der Waals surface area contributed by atoms with Gasteiger partial charge in [0.15, 0.2) is 11.6 Å². The van der Waals surface area contributed by atoms with Crippen molar-refractivity contribution in [2.24, 2.45) is 0 Å². The molecule has 170 valence electrons. The Balaban J connectivity index is 1.85. The van der Waals surface area contributed by atoms with E-state index in [-0.39, 0.29) is 17.3 Å². The predicted molar refractivity (Wildman–Crippen MR) is 135 cm³/mol. The second-order valence-corrected chi connectivity index (χ2v) is 10.1. The molecule has 6 rings (SSSR count). The first-order valence-electron chi connectivity index (χ1n) is 11.7. The number of Topliss-reactive ketones (excluding diaryl/α,β-unsaturated/α-hetero) is 2. The summed E-state index contributed by atoms with van der Waals surface area (Å²) < 4.78 is 2.82. The number of rotatable bonds is 2. The Morgan fingerprint density at radius 2 is 1.65 bits per heavy atom. The molecular weight excluding hydrogens is 492 g/mol. The van der Waals surface area contributed by atoms with E-state index >= 15 is 0 Å². The molecule has 0 amide bonds. The molecule has 0 saturated carbocycles. The van der Waals surface area contributed by atoms with Gasteiger partial charge >= 0.3 is 0 Å². The molecule has 0 bridgehead atoms. The van der Waals surface area contributed by atoms with Crippen molar-refractivity contribution in [2.45, 2.75) is 45.4 Å². The van der Waals surface area contributed by atoms with Gasteiger partial charge in [-0.05, 0) is 50.8 Å². The second-order valence-electron chi connectivity index (χ2n) is 9.22. The van der Waals surface area contributed by atoms with E-state index in [0.717, 1.165) is 57.5 Å². The highest BCUT2D eigenvalue weighted by Gasteiger charge is 2.35. The van der Waals surface area contributed by atoms with E-state index < -0.39 is 0 Å². The van der Waals surface area contributed by atoms with Crippen LogP contribution in [0.2, 0.25) is 0 Å². The van der Waals surface area contributed by atoms with Gasteiger partial charge in [-0.25, -0.2) is 4.98 Å². The molecule has 2 aliphatic carbocycles. The molecule has 5 nitrogen and oxygen atoms in total. The first kappa shape index (κ1) is 21.3. The van der Waals surface area contributed by atoms with Crippen molar-refractivity contribution in [3.63, 3.8) is 0 Å². The molecular formula is C28H23BrN2O3. The Morgan fingerprint density at radius 3 is 2.44 bits per heavy atom. The fourth-order valence-corrected chi connectivity index (χ4v) is 5.78. The average Bonchev–Trinajstić information content (AvgIpc) is 3.17. The largest absolute Gasteiger partial charge is 0.507 e. The van der Waals surface area contributed by atoms with Gasteiger partial charge in [-0.2, -0.15) is 0 Å². The number of fused-ring (bicyclic) bond motifs is 5. The van der Waals surface area contributed by atoms with E-state index in [4.69, 9.17) is 4.98 Å². The maximum atomic E-state index is 13.4. The first-order valence-corrected chi connectivity index (χ1v) is 12.5. The lowest BCUT2D eigenvalue weighted by Gasteiger charge is -2.21. The van der Waals surface area contributed by atoms with Crippen molar-refractivity contribution in [2.75, 3.05) is 0 Å². The quantitative estimate of drug-likeness (QED) is 0.332. The van der Waals surface area contributed by atoms with Crippen molar-refractivity contribution < 1.29 is 14.7 Å². The summed E-state index contributed by atoms with van der Waals surface area (Å²) in [5.74, 6) is 0.206. The van der Waals surface area contributed by atoms with Gasteiger partial charge in [0.25, 0.3) is 0 Å². The van der Waals surface area contributed by atoms with E-state index in [2.05, 4.69) is 15.9 Å². The number of carbonyl (C=O) groups is 2. The lowest BCUT2D eigenvalue weighted by atomic mass is 9.90. The molecule has 2 heterocycles. The number of phenolic OH excluding ortho intramolecular Hbond substituents is 1. The molecule has 6 heteroatoms. The number of aromatic nitrogens is 2. The molecule has 0 atom stereocenters. The summed E-state index contributed by atoms with van der Waals surface area (Å²) in [5, 5.41) is 10.9. The van der Waals surface area contributed by atoms with Crippen LogP contribution in [0.25, 0.3) is 27.9 Å². The van der Waals surface area contributed by atoms with Crippen LogP contribution in [-0.2, 0) is 12.8 Å². The summed E-state index contributed by atoms with van der Waals surface area (Å²) in [5.41, 5.74) is 7.64. The number of hydrogen-bond donors (Lipinski definition) is 1. The fraction of sp³-hybridized carbons (Fsp3) is 0.250. The van der Waals surface area contributed by atoms with Crippen LogP contribution in [0.4, 0.5) is 0 Å². The normalized spacial score (nSPS) is 15.5.